The number of nitrogens with two attached hydrogens (primary N) is 3. The van der Waals surface area contributed by atoms with Crippen LogP contribution in [0.1, 0.15) is 47.5 Å². The van der Waals surface area contributed by atoms with Crippen molar-refractivity contribution < 1.29 is 9.53 Å². The lowest BCUT2D eigenvalue weighted by molar-refractivity contribution is 0.0956. The van der Waals surface area contributed by atoms with Gasteiger partial charge < -0.3 is 27.3 Å². The number of carbonyl (C=O) groups excluding carboxylic acids is 1. The minimum absolute atomic E-state index is 0.149. The average molecular weight is 375 g/mol. The largest absolute Gasteiger partial charge is 0.497 e. The standard InChI is InChI=1S/C19H26N4O2S/c1-10(13-5-7-14(25-4)8-6-13)9-23-19(24)17-16(21)15(18(22)26-17)11(2)12(3)20/h5-8,10H,9,20-22H2,1-4H3,(H,23,24)/b12-11-. The maximum atomic E-state index is 12.6. The summed E-state index contributed by atoms with van der Waals surface area (Å²) in [5, 5.41) is 3.43. The van der Waals surface area contributed by atoms with Gasteiger partial charge in [0.1, 0.15) is 10.6 Å². The first kappa shape index (κ1) is 19.7. The van der Waals surface area contributed by atoms with Crippen LogP contribution in [-0.2, 0) is 0 Å². The van der Waals surface area contributed by atoms with Crippen molar-refractivity contribution in [3.63, 3.8) is 0 Å². The summed E-state index contributed by atoms with van der Waals surface area (Å²) in [7, 11) is 1.63. The van der Waals surface area contributed by atoms with E-state index in [4.69, 9.17) is 21.9 Å². The van der Waals surface area contributed by atoms with E-state index in [1.807, 2.05) is 38.1 Å². The van der Waals surface area contributed by atoms with Gasteiger partial charge in [-0.2, -0.15) is 0 Å². The summed E-state index contributed by atoms with van der Waals surface area (Å²) >= 11 is 1.18. The van der Waals surface area contributed by atoms with E-state index >= 15 is 0 Å². The van der Waals surface area contributed by atoms with Crippen LogP contribution in [0, 0.1) is 0 Å². The van der Waals surface area contributed by atoms with Gasteiger partial charge in [0.05, 0.1) is 17.8 Å². The van der Waals surface area contributed by atoms with Crippen molar-refractivity contribution in [2.24, 2.45) is 5.73 Å². The molecule has 0 fully saturated rings. The molecule has 1 amide bonds. The highest BCUT2D eigenvalue weighted by atomic mass is 32.1. The van der Waals surface area contributed by atoms with Crippen LogP contribution in [0.5, 0.6) is 5.75 Å². The third-order valence-corrected chi connectivity index (χ3v) is 5.43. The first-order valence-electron chi connectivity index (χ1n) is 8.29. The van der Waals surface area contributed by atoms with Crippen molar-refractivity contribution in [1.29, 1.82) is 0 Å². The summed E-state index contributed by atoms with van der Waals surface area (Å²) in [6, 6.07) is 7.79. The fourth-order valence-corrected chi connectivity index (χ4v) is 3.55. The number of nitrogen functional groups attached to an aromatic ring is 2. The van der Waals surface area contributed by atoms with Gasteiger partial charge in [-0.1, -0.05) is 19.1 Å². The molecule has 6 nitrogen and oxygen atoms in total. The minimum Gasteiger partial charge on any atom is -0.497 e. The zero-order valence-electron chi connectivity index (χ0n) is 15.6. The average Bonchev–Trinajstić information content (AvgIpc) is 2.93. The van der Waals surface area contributed by atoms with Crippen molar-refractivity contribution in [3.05, 3.63) is 46.0 Å². The Morgan fingerprint density at radius 2 is 1.85 bits per heavy atom. The molecular weight excluding hydrogens is 348 g/mol. The lowest BCUT2D eigenvalue weighted by Crippen LogP contribution is -2.27. The molecule has 0 saturated carbocycles. The van der Waals surface area contributed by atoms with Gasteiger partial charge in [-0.3, -0.25) is 4.79 Å². The third-order valence-electron chi connectivity index (χ3n) is 4.40. The SMILES string of the molecule is COc1ccc(C(C)CNC(=O)c2sc(N)c(/C(C)=C(/C)N)c2N)cc1. The molecule has 7 heteroatoms. The highest BCUT2D eigenvalue weighted by Crippen LogP contribution is 2.38. The zero-order chi connectivity index (χ0) is 19.4. The number of thiophene rings is 1. The number of allylic oxidation sites excluding steroid dienone is 2. The molecule has 0 radical (unpaired) electrons. The predicted octanol–water partition coefficient (Wildman–Crippen LogP) is 3.16. The van der Waals surface area contributed by atoms with Gasteiger partial charge in [0.25, 0.3) is 5.91 Å². The number of rotatable bonds is 6. The normalized spacial score (nSPS) is 13.1. The molecule has 1 heterocycles. The number of benzene rings is 1. The van der Waals surface area contributed by atoms with Crippen LogP contribution in [0.15, 0.2) is 30.0 Å². The minimum atomic E-state index is -0.228. The number of amides is 1. The van der Waals surface area contributed by atoms with Gasteiger partial charge in [0.15, 0.2) is 0 Å². The first-order valence-corrected chi connectivity index (χ1v) is 9.11. The Morgan fingerprint density at radius 3 is 2.38 bits per heavy atom. The van der Waals surface area contributed by atoms with Crippen molar-refractivity contribution in [2.75, 3.05) is 25.1 Å². The Hall–Kier alpha value is -2.67. The summed E-state index contributed by atoms with van der Waals surface area (Å²) < 4.78 is 5.16. The van der Waals surface area contributed by atoms with Crippen LogP contribution in [-0.4, -0.2) is 19.6 Å². The van der Waals surface area contributed by atoms with Gasteiger partial charge in [-0.15, -0.1) is 11.3 Å². The quantitative estimate of drug-likeness (QED) is 0.620. The summed E-state index contributed by atoms with van der Waals surface area (Å²) in [6.45, 7) is 6.16. The maximum absolute atomic E-state index is 12.6. The van der Waals surface area contributed by atoms with E-state index in [1.54, 1.807) is 14.0 Å². The molecule has 0 aliphatic rings. The summed E-state index contributed by atoms with van der Waals surface area (Å²) in [5.41, 5.74) is 21.6. The van der Waals surface area contributed by atoms with Gasteiger partial charge in [0, 0.05) is 17.8 Å². The molecule has 140 valence electrons. The highest BCUT2D eigenvalue weighted by molar-refractivity contribution is 7.18. The third kappa shape index (κ3) is 4.11. The van der Waals surface area contributed by atoms with Crippen molar-refractivity contribution in [2.45, 2.75) is 26.7 Å². The van der Waals surface area contributed by atoms with E-state index < -0.39 is 0 Å². The number of carbonyl (C=O) groups is 1. The molecule has 0 aliphatic carbocycles. The Morgan fingerprint density at radius 1 is 1.23 bits per heavy atom. The topological polar surface area (TPSA) is 116 Å². The van der Waals surface area contributed by atoms with E-state index in [9.17, 15) is 4.79 Å². The van der Waals surface area contributed by atoms with Crippen LogP contribution in [0.2, 0.25) is 0 Å². The molecule has 0 bridgehead atoms. The fourth-order valence-electron chi connectivity index (χ4n) is 2.59. The first-order chi connectivity index (χ1) is 12.3. The van der Waals surface area contributed by atoms with Crippen LogP contribution < -0.4 is 27.3 Å². The van der Waals surface area contributed by atoms with Gasteiger partial charge in [-0.05, 0) is 43.0 Å². The van der Waals surface area contributed by atoms with Crippen LogP contribution in [0.25, 0.3) is 5.57 Å². The predicted molar refractivity (Wildman–Crippen MR) is 109 cm³/mol. The molecule has 26 heavy (non-hydrogen) atoms. The van der Waals surface area contributed by atoms with E-state index in [-0.39, 0.29) is 11.8 Å². The number of hydrogen-bond donors (Lipinski definition) is 4. The van der Waals surface area contributed by atoms with Crippen LogP contribution >= 0.6 is 11.3 Å². The van der Waals surface area contributed by atoms with E-state index in [1.165, 1.54) is 11.3 Å². The number of nitrogens with one attached hydrogen (secondary N) is 1. The second-order valence-electron chi connectivity index (χ2n) is 6.28. The molecule has 1 unspecified atom stereocenters. The number of methoxy groups -OCH3 is 1. The Labute approximate surface area is 158 Å². The molecule has 2 rings (SSSR count). The Balaban J connectivity index is 2.10. The second-order valence-corrected chi connectivity index (χ2v) is 7.33. The Kier molecular flexibility index (Phi) is 6.15. The van der Waals surface area contributed by atoms with Gasteiger partial charge in [0.2, 0.25) is 0 Å². The van der Waals surface area contributed by atoms with Crippen LogP contribution in [0.3, 0.4) is 0 Å². The number of hydrogen-bond acceptors (Lipinski definition) is 6. The van der Waals surface area contributed by atoms with Gasteiger partial charge in [-0.25, -0.2) is 0 Å². The zero-order valence-corrected chi connectivity index (χ0v) is 16.4. The lowest BCUT2D eigenvalue weighted by Gasteiger charge is -2.13. The lowest BCUT2D eigenvalue weighted by atomic mass is 10.0. The molecule has 7 N–H and O–H groups in total. The molecule has 1 aromatic carbocycles. The van der Waals surface area contributed by atoms with Crippen molar-refractivity contribution >= 4 is 33.5 Å². The van der Waals surface area contributed by atoms with Crippen LogP contribution in [0.4, 0.5) is 10.7 Å². The molecule has 1 atom stereocenters. The summed E-state index contributed by atoms with van der Waals surface area (Å²) in [5.74, 6) is 0.724. The number of ether oxygens (including phenoxy) is 1. The summed E-state index contributed by atoms with van der Waals surface area (Å²) in [6.07, 6.45) is 0. The molecule has 0 saturated heterocycles. The maximum Gasteiger partial charge on any atom is 0.263 e. The Bertz CT molecular complexity index is 821. The molecule has 0 spiro atoms. The number of anilines is 2. The van der Waals surface area contributed by atoms with E-state index in [2.05, 4.69) is 5.32 Å². The molecule has 2 aromatic rings. The molecule has 1 aromatic heterocycles. The van der Waals surface area contributed by atoms with E-state index in [0.29, 0.717) is 33.4 Å². The molecular formula is C19H26N4O2S. The summed E-state index contributed by atoms with van der Waals surface area (Å²) in [4.78, 5) is 13.0. The highest BCUT2D eigenvalue weighted by Gasteiger charge is 2.21. The van der Waals surface area contributed by atoms with Crippen molar-refractivity contribution in [1.82, 2.24) is 5.32 Å². The fraction of sp³-hybridized carbons (Fsp3) is 0.316. The van der Waals surface area contributed by atoms with E-state index in [0.717, 1.165) is 16.9 Å². The van der Waals surface area contributed by atoms with Crippen molar-refractivity contribution in [3.8, 4) is 5.75 Å². The monoisotopic (exact) mass is 374 g/mol. The van der Waals surface area contributed by atoms with Gasteiger partial charge >= 0.3 is 0 Å². The molecule has 0 aliphatic heterocycles. The smallest absolute Gasteiger partial charge is 0.263 e. The second kappa shape index (κ2) is 8.14.